The van der Waals surface area contributed by atoms with Crippen LogP contribution in [0.2, 0.25) is 5.02 Å². The fraction of sp³-hybridized carbons (Fsp3) is 0.571. The Morgan fingerprint density at radius 2 is 2.24 bits per heavy atom. The van der Waals surface area contributed by atoms with E-state index in [9.17, 15) is 0 Å². The van der Waals surface area contributed by atoms with E-state index in [1.165, 1.54) is 31.2 Å². The van der Waals surface area contributed by atoms with E-state index in [1.54, 1.807) is 0 Å². The third kappa shape index (κ3) is 4.27. The first-order valence-electron chi connectivity index (χ1n) is 6.36. The standard InChI is InChI=1S/C14H19BrClN/c1-2-12(7-10-3-4-10)17-9-11-5-6-13(15)14(16)8-11/h5-6,8,10,12,17H,2-4,7,9H2,1H3. The normalized spacial score (nSPS) is 17.1. The summed E-state index contributed by atoms with van der Waals surface area (Å²) >= 11 is 9.49. The highest BCUT2D eigenvalue weighted by molar-refractivity contribution is 9.10. The summed E-state index contributed by atoms with van der Waals surface area (Å²) in [6, 6.07) is 6.82. The third-order valence-electron chi connectivity index (χ3n) is 3.39. The van der Waals surface area contributed by atoms with Crippen molar-refractivity contribution in [2.75, 3.05) is 0 Å². The average Bonchev–Trinajstić information content (AvgIpc) is 3.12. The van der Waals surface area contributed by atoms with Crippen molar-refractivity contribution >= 4 is 27.5 Å². The maximum absolute atomic E-state index is 6.08. The Labute approximate surface area is 117 Å². The van der Waals surface area contributed by atoms with Gasteiger partial charge in [0.15, 0.2) is 0 Å². The maximum atomic E-state index is 6.08. The summed E-state index contributed by atoms with van der Waals surface area (Å²) in [5.41, 5.74) is 1.26. The SMILES string of the molecule is CCC(CC1CC1)NCc1ccc(Br)c(Cl)c1. The first kappa shape index (κ1) is 13.4. The zero-order valence-electron chi connectivity index (χ0n) is 10.2. The van der Waals surface area contributed by atoms with E-state index in [1.807, 2.05) is 12.1 Å². The molecule has 1 aliphatic carbocycles. The molecule has 0 aliphatic heterocycles. The second-order valence-electron chi connectivity index (χ2n) is 4.91. The van der Waals surface area contributed by atoms with Crippen LogP contribution in [0, 0.1) is 5.92 Å². The van der Waals surface area contributed by atoms with Crippen LogP contribution < -0.4 is 5.32 Å². The number of halogens is 2. The number of rotatable bonds is 6. The molecule has 1 unspecified atom stereocenters. The summed E-state index contributed by atoms with van der Waals surface area (Å²) in [5.74, 6) is 0.987. The Morgan fingerprint density at radius 1 is 1.47 bits per heavy atom. The number of hydrogen-bond donors (Lipinski definition) is 1. The lowest BCUT2D eigenvalue weighted by Gasteiger charge is -2.16. The zero-order valence-corrected chi connectivity index (χ0v) is 12.5. The van der Waals surface area contributed by atoms with Crippen molar-refractivity contribution in [3.05, 3.63) is 33.3 Å². The smallest absolute Gasteiger partial charge is 0.0551 e. The zero-order chi connectivity index (χ0) is 12.3. The molecular formula is C14H19BrClN. The minimum Gasteiger partial charge on any atom is -0.310 e. The van der Waals surface area contributed by atoms with Crippen LogP contribution in [0.15, 0.2) is 22.7 Å². The van der Waals surface area contributed by atoms with E-state index in [0.717, 1.165) is 22.0 Å². The van der Waals surface area contributed by atoms with E-state index in [2.05, 4.69) is 34.2 Å². The van der Waals surface area contributed by atoms with Crippen LogP contribution in [-0.2, 0) is 6.54 Å². The molecule has 3 heteroatoms. The molecule has 1 nitrogen and oxygen atoms in total. The van der Waals surface area contributed by atoms with Crippen molar-refractivity contribution in [2.24, 2.45) is 5.92 Å². The fourth-order valence-electron chi connectivity index (χ4n) is 2.06. The van der Waals surface area contributed by atoms with Gasteiger partial charge in [0.05, 0.1) is 5.02 Å². The second-order valence-corrected chi connectivity index (χ2v) is 6.18. The molecule has 0 bridgehead atoms. The predicted molar refractivity (Wildman–Crippen MR) is 77.4 cm³/mol. The van der Waals surface area contributed by atoms with E-state index in [0.29, 0.717) is 6.04 Å². The maximum Gasteiger partial charge on any atom is 0.0551 e. The van der Waals surface area contributed by atoms with Gasteiger partial charge >= 0.3 is 0 Å². The minimum absolute atomic E-state index is 0.657. The van der Waals surface area contributed by atoms with E-state index < -0.39 is 0 Å². The van der Waals surface area contributed by atoms with Gasteiger partial charge in [-0.2, -0.15) is 0 Å². The highest BCUT2D eigenvalue weighted by Crippen LogP contribution is 2.34. The van der Waals surface area contributed by atoms with Crippen molar-refractivity contribution in [1.82, 2.24) is 5.32 Å². The summed E-state index contributed by atoms with van der Waals surface area (Å²) in [6.07, 6.45) is 5.41. The average molecular weight is 317 g/mol. The molecule has 0 heterocycles. The van der Waals surface area contributed by atoms with Crippen LogP contribution in [0.25, 0.3) is 0 Å². The largest absolute Gasteiger partial charge is 0.310 e. The first-order chi connectivity index (χ1) is 8.19. The number of nitrogens with one attached hydrogen (secondary N) is 1. The number of benzene rings is 1. The molecule has 1 atom stereocenters. The molecule has 1 saturated carbocycles. The Bertz CT molecular complexity index is 376. The van der Waals surface area contributed by atoms with Gasteiger partial charge in [0.25, 0.3) is 0 Å². The van der Waals surface area contributed by atoms with Gasteiger partial charge in [0, 0.05) is 17.1 Å². The molecule has 0 amide bonds. The lowest BCUT2D eigenvalue weighted by atomic mass is 10.1. The first-order valence-corrected chi connectivity index (χ1v) is 7.53. The molecule has 0 saturated heterocycles. The molecule has 94 valence electrons. The van der Waals surface area contributed by atoms with E-state index >= 15 is 0 Å². The van der Waals surface area contributed by atoms with Gasteiger partial charge in [-0.3, -0.25) is 0 Å². The highest BCUT2D eigenvalue weighted by atomic mass is 79.9. The lowest BCUT2D eigenvalue weighted by molar-refractivity contribution is 0.445. The summed E-state index contributed by atoms with van der Waals surface area (Å²) in [6.45, 7) is 3.17. The summed E-state index contributed by atoms with van der Waals surface area (Å²) in [7, 11) is 0. The summed E-state index contributed by atoms with van der Waals surface area (Å²) < 4.78 is 0.966. The van der Waals surface area contributed by atoms with Crippen LogP contribution in [-0.4, -0.2) is 6.04 Å². The van der Waals surface area contributed by atoms with Gasteiger partial charge < -0.3 is 5.32 Å². The van der Waals surface area contributed by atoms with Gasteiger partial charge in [-0.15, -0.1) is 0 Å². The molecule has 1 aromatic rings. The minimum atomic E-state index is 0.657. The molecule has 1 aliphatic rings. The molecule has 1 fully saturated rings. The van der Waals surface area contributed by atoms with Crippen molar-refractivity contribution in [2.45, 2.75) is 45.2 Å². The quantitative estimate of drug-likeness (QED) is 0.797. The Kier molecular flexibility index (Phi) is 4.89. The van der Waals surface area contributed by atoms with Gasteiger partial charge in [-0.05, 0) is 52.4 Å². The number of hydrogen-bond acceptors (Lipinski definition) is 1. The van der Waals surface area contributed by atoms with Crippen molar-refractivity contribution in [3.8, 4) is 0 Å². The molecule has 1 aromatic carbocycles. The van der Waals surface area contributed by atoms with E-state index in [-0.39, 0.29) is 0 Å². The predicted octanol–water partition coefficient (Wildman–Crippen LogP) is 4.77. The topological polar surface area (TPSA) is 12.0 Å². The molecule has 0 aromatic heterocycles. The van der Waals surface area contributed by atoms with E-state index in [4.69, 9.17) is 11.6 Å². The van der Waals surface area contributed by atoms with Crippen molar-refractivity contribution < 1.29 is 0 Å². The summed E-state index contributed by atoms with van der Waals surface area (Å²) in [4.78, 5) is 0. The Hall–Kier alpha value is -0.0500. The third-order valence-corrected chi connectivity index (χ3v) is 4.62. The van der Waals surface area contributed by atoms with Gasteiger partial charge in [0.1, 0.15) is 0 Å². The lowest BCUT2D eigenvalue weighted by Crippen LogP contribution is -2.28. The Morgan fingerprint density at radius 3 is 2.82 bits per heavy atom. The van der Waals surface area contributed by atoms with Gasteiger partial charge in [0.2, 0.25) is 0 Å². The van der Waals surface area contributed by atoms with Crippen LogP contribution >= 0.6 is 27.5 Å². The van der Waals surface area contributed by atoms with Gasteiger partial charge in [-0.1, -0.05) is 37.4 Å². The van der Waals surface area contributed by atoms with Gasteiger partial charge in [-0.25, -0.2) is 0 Å². The molecule has 0 radical (unpaired) electrons. The highest BCUT2D eigenvalue weighted by Gasteiger charge is 2.24. The van der Waals surface area contributed by atoms with Crippen molar-refractivity contribution in [3.63, 3.8) is 0 Å². The van der Waals surface area contributed by atoms with Crippen molar-refractivity contribution in [1.29, 1.82) is 0 Å². The second kappa shape index (κ2) is 6.21. The molecule has 1 N–H and O–H groups in total. The summed E-state index contributed by atoms with van der Waals surface area (Å²) in [5, 5.41) is 4.42. The molecule has 2 rings (SSSR count). The van der Waals surface area contributed by atoms with Crippen LogP contribution in [0.5, 0.6) is 0 Å². The van der Waals surface area contributed by atoms with Crippen LogP contribution in [0.3, 0.4) is 0 Å². The molecule has 0 spiro atoms. The fourth-order valence-corrected chi connectivity index (χ4v) is 2.51. The van der Waals surface area contributed by atoms with Crippen LogP contribution in [0.4, 0.5) is 0 Å². The molecule has 17 heavy (non-hydrogen) atoms. The van der Waals surface area contributed by atoms with Crippen LogP contribution in [0.1, 0.15) is 38.2 Å². The monoisotopic (exact) mass is 315 g/mol. The Balaban J connectivity index is 1.84. The molecular weight excluding hydrogens is 298 g/mol.